The lowest BCUT2D eigenvalue weighted by Crippen LogP contribution is -2.57. The second kappa shape index (κ2) is 15.2. The molecule has 0 radical (unpaired) electrons. The van der Waals surface area contributed by atoms with Crippen molar-refractivity contribution < 1.29 is 43.1 Å². The standard InChI is InChI=1S/C35H54O9/c1-21-4-5-25(40-19-21)8-10-30-22(2)14-26(41-30)6-7-28-17-32(38-3)35(43-28)33-18-29(37)34-31(44-33)11-9-27(42-34)16-24(36)15-23-12-13-39-20-23/h23,25-35,37H,1-2,4-20H2,3H3/t23-,25+,26-,27+,28+,29+,30-,31-,32+,33?,34?,35+/m0/s1. The molecular weight excluding hydrogens is 564 g/mol. The van der Waals surface area contributed by atoms with E-state index in [0.29, 0.717) is 44.5 Å². The Labute approximate surface area is 262 Å². The van der Waals surface area contributed by atoms with Crippen LogP contribution in [0.15, 0.2) is 24.3 Å². The number of hydrogen-bond acceptors (Lipinski definition) is 9. The molecule has 0 spiro atoms. The normalized spacial score (nSPS) is 43.0. The van der Waals surface area contributed by atoms with Gasteiger partial charge in [0.2, 0.25) is 0 Å². The van der Waals surface area contributed by atoms with E-state index in [0.717, 1.165) is 77.2 Å². The van der Waals surface area contributed by atoms with Crippen molar-refractivity contribution in [2.75, 3.05) is 26.9 Å². The molecule has 0 aliphatic carbocycles. The minimum atomic E-state index is -0.660. The molecule has 9 nitrogen and oxygen atoms in total. The van der Waals surface area contributed by atoms with Gasteiger partial charge in [-0.3, -0.25) is 4.79 Å². The van der Waals surface area contributed by atoms with Gasteiger partial charge in [-0.1, -0.05) is 18.7 Å². The van der Waals surface area contributed by atoms with Crippen molar-refractivity contribution in [3.05, 3.63) is 24.3 Å². The lowest BCUT2D eigenvalue weighted by molar-refractivity contribution is -0.248. The van der Waals surface area contributed by atoms with Crippen LogP contribution < -0.4 is 0 Å². The predicted molar refractivity (Wildman–Crippen MR) is 163 cm³/mol. The SMILES string of the molecule is C=C1CC[C@H](CC[C@@H]2O[C@@H](CC[C@@H]3C[C@@H](OC)[C@H](C4C[C@@H](O)C5O[C@@H](CC(=O)C[C@@H]6CCOC6)CC[C@@H]5O4)O3)CC2=C)OC1. The number of aliphatic hydroxyl groups excluding tert-OH is 1. The van der Waals surface area contributed by atoms with E-state index < -0.39 is 12.2 Å². The first kappa shape index (κ1) is 32.8. The summed E-state index contributed by atoms with van der Waals surface area (Å²) in [6.07, 6.45) is 10.1. The molecule has 6 aliphatic rings. The quantitative estimate of drug-likeness (QED) is 0.314. The molecule has 12 atom stereocenters. The van der Waals surface area contributed by atoms with E-state index >= 15 is 0 Å². The molecule has 0 amide bonds. The zero-order chi connectivity index (χ0) is 30.6. The van der Waals surface area contributed by atoms with Gasteiger partial charge in [0.15, 0.2) is 0 Å². The Kier molecular flexibility index (Phi) is 11.3. The topological polar surface area (TPSA) is 102 Å². The molecule has 6 heterocycles. The van der Waals surface area contributed by atoms with Gasteiger partial charge in [0, 0.05) is 46.0 Å². The minimum Gasteiger partial charge on any atom is -0.390 e. The molecule has 6 aliphatic heterocycles. The second-order valence-electron chi connectivity index (χ2n) is 14.2. The first-order valence-electron chi connectivity index (χ1n) is 17.2. The highest BCUT2D eigenvalue weighted by Crippen LogP contribution is 2.39. The molecule has 0 aromatic rings. The van der Waals surface area contributed by atoms with Crippen molar-refractivity contribution in [3.63, 3.8) is 0 Å². The summed E-state index contributed by atoms with van der Waals surface area (Å²) in [6.45, 7) is 10.5. The van der Waals surface area contributed by atoms with E-state index in [1.54, 1.807) is 7.11 Å². The van der Waals surface area contributed by atoms with Crippen LogP contribution in [0, 0.1) is 5.92 Å². The van der Waals surface area contributed by atoms with Crippen LogP contribution in [0.5, 0.6) is 0 Å². The third kappa shape index (κ3) is 8.21. The Hall–Kier alpha value is -1.17. The van der Waals surface area contributed by atoms with Crippen molar-refractivity contribution in [3.8, 4) is 0 Å². The lowest BCUT2D eigenvalue weighted by Gasteiger charge is -2.46. The Bertz CT molecular complexity index is 985. The summed E-state index contributed by atoms with van der Waals surface area (Å²) in [5.74, 6) is 0.563. The van der Waals surface area contributed by atoms with Crippen molar-refractivity contribution in [1.29, 1.82) is 0 Å². The Morgan fingerprint density at radius 3 is 2.45 bits per heavy atom. The van der Waals surface area contributed by atoms with Gasteiger partial charge in [-0.2, -0.15) is 0 Å². The zero-order valence-electron chi connectivity index (χ0n) is 26.6. The minimum absolute atomic E-state index is 0.0614. The van der Waals surface area contributed by atoms with Crippen LogP contribution in [-0.2, 0) is 38.0 Å². The molecule has 0 saturated carbocycles. The van der Waals surface area contributed by atoms with Gasteiger partial charge >= 0.3 is 0 Å². The van der Waals surface area contributed by atoms with Crippen molar-refractivity contribution >= 4 is 5.78 Å². The second-order valence-corrected chi connectivity index (χ2v) is 14.2. The van der Waals surface area contributed by atoms with Crippen molar-refractivity contribution in [1.82, 2.24) is 0 Å². The summed E-state index contributed by atoms with van der Waals surface area (Å²) in [6, 6.07) is 0. The van der Waals surface area contributed by atoms with Gasteiger partial charge in [-0.05, 0) is 75.7 Å². The zero-order valence-corrected chi connectivity index (χ0v) is 26.6. The first-order chi connectivity index (χ1) is 21.3. The number of ether oxygens (including phenoxy) is 7. The fraction of sp³-hybridized carbons (Fsp3) is 0.857. The highest BCUT2D eigenvalue weighted by atomic mass is 16.6. The van der Waals surface area contributed by atoms with Gasteiger partial charge in [0.25, 0.3) is 0 Å². The largest absolute Gasteiger partial charge is 0.390 e. The van der Waals surface area contributed by atoms with Crippen LogP contribution in [0.3, 0.4) is 0 Å². The number of ketones is 1. The first-order valence-corrected chi connectivity index (χ1v) is 17.2. The van der Waals surface area contributed by atoms with Crippen LogP contribution in [-0.4, -0.2) is 105 Å². The summed E-state index contributed by atoms with van der Waals surface area (Å²) in [5, 5.41) is 11.1. The van der Waals surface area contributed by atoms with Crippen molar-refractivity contribution in [2.45, 2.75) is 157 Å². The third-order valence-corrected chi connectivity index (χ3v) is 10.8. The highest BCUT2D eigenvalue weighted by Gasteiger charge is 2.49. The van der Waals surface area contributed by atoms with E-state index in [2.05, 4.69) is 13.2 Å². The molecule has 9 heteroatoms. The molecule has 6 fully saturated rings. The summed E-state index contributed by atoms with van der Waals surface area (Å²) in [5.41, 5.74) is 2.39. The summed E-state index contributed by atoms with van der Waals surface area (Å²) >= 11 is 0. The molecule has 0 aromatic heterocycles. The van der Waals surface area contributed by atoms with Crippen LogP contribution in [0.4, 0.5) is 0 Å². The maximum absolute atomic E-state index is 12.6. The number of rotatable bonds is 12. The maximum Gasteiger partial charge on any atom is 0.135 e. The fourth-order valence-corrected chi connectivity index (χ4v) is 8.23. The highest BCUT2D eigenvalue weighted by molar-refractivity contribution is 5.79. The Balaban J connectivity index is 0.929. The van der Waals surface area contributed by atoms with Gasteiger partial charge < -0.3 is 38.3 Å². The van der Waals surface area contributed by atoms with Crippen LogP contribution in [0.25, 0.3) is 0 Å². The number of methoxy groups -OCH3 is 1. The van der Waals surface area contributed by atoms with E-state index in [1.807, 2.05) is 0 Å². The third-order valence-electron chi connectivity index (χ3n) is 10.8. The molecule has 44 heavy (non-hydrogen) atoms. The molecule has 1 N–H and O–H groups in total. The number of hydrogen-bond donors (Lipinski definition) is 1. The number of carbonyl (C=O) groups excluding carboxylic acids is 1. The molecule has 0 bridgehead atoms. The molecule has 248 valence electrons. The van der Waals surface area contributed by atoms with E-state index in [4.69, 9.17) is 33.2 Å². The van der Waals surface area contributed by atoms with E-state index in [-0.39, 0.29) is 54.6 Å². The van der Waals surface area contributed by atoms with Crippen LogP contribution in [0.2, 0.25) is 0 Å². The molecular formula is C35H54O9. The van der Waals surface area contributed by atoms with E-state index in [9.17, 15) is 9.90 Å². The average molecular weight is 619 g/mol. The molecule has 0 aromatic carbocycles. The van der Waals surface area contributed by atoms with E-state index in [1.165, 1.54) is 11.1 Å². The Morgan fingerprint density at radius 2 is 1.68 bits per heavy atom. The number of aliphatic hydroxyl groups is 1. The van der Waals surface area contributed by atoms with Gasteiger partial charge in [-0.15, -0.1) is 0 Å². The average Bonchev–Trinajstić information content (AvgIpc) is 3.76. The smallest absolute Gasteiger partial charge is 0.135 e. The molecule has 6 rings (SSSR count). The number of fused-ring (bicyclic) bond motifs is 1. The Morgan fingerprint density at radius 1 is 0.864 bits per heavy atom. The summed E-state index contributed by atoms with van der Waals surface area (Å²) in [4.78, 5) is 12.6. The molecule has 2 unspecified atom stereocenters. The predicted octanol–water partition coefficient (Wildman–Crippen LogP) is 4.62. The van der Waals surface area contributed by atoms with Crippen LogP contribution in [0.1, 0.15) is 89.9 Å². The fourth-order valence-electron chi connectivity index (χ4n) is 8.23. The maximum atomic E-state index is 12.6. The van der Waals surface area contributed by atoms with Gasteiger partial charge in [0.05, 0.1) is 61.5 Å². The lowest BCUT2D eigenvalue weighted by atomic mass is 9.87. The van der Waals surface area contributed by atoms with Crippen molar-refractivity contribution in [2.24, 2.45) is 5.92 Å². The number of Topliss-reactive ketones (excluding diaryl/α,β-unsaturated/α-hetero) is 1. The van der Waals surface area contributed by atoms with Gasteiger partial charge in [0.1, 0.15) is 18.0 Å². The summed E-state index contributed by atoms with van der Waals surface area (Å²) < 4.78 is 43.0. The number of carbonyl (C=O) groups is 1. The van der Waals surface area contributed by atoms with Gasteiger partial charge in [-0.25, -0.2) is 0 Å². The van der Waals surface area contributed by atoms with Crippen LogP contribution >= 0.6 is 0 Å². The molecule has 6 saturated heterocycles. The monoisotopic (exact) mass is 618 g/mol. The summed E-state index contributed by atoms with van der Waals surface area (Å²) in [7, 11) is 1.73.